The third-order valence-electron chi connectivity index (χ3n) is 1.85. The Hall–Kier alpha value is -0.930. The summed E-state index contributed by atoms with van der Waals surface area (Å²) in [5.74, 6) is -0.537. The molecule has 0 amide bonds. The fraction of sp³-hybridized carbons (Fsp3) is 0.300. The van der Waals surface area contributed by atoms with Gasteiger partial charge < -0.3 is 10.1 Å². The van der Waals surface area contributed by atoms with Gasteiger partial charge in [-0.15, -0.1) is 0 Å². The monoisotopic (exact) mass is 247 g/mol. The molecule has 3 nitrogen and oxygen atoms in total. The van der Waals surface area contributed by atoms with Gasteiger partial charge >= 0.3 is 5.97 Å². The molecular formula is C10H11Cl2NO2. The molecule has 1 N–H and O–H groups in total. The summed E-state index contributed by atoms with van der Waals surface area (Å²) in [5.41, 5.74) is 0.864. The van der Waals surface area contributed by atoms with E-state index in [2.05, 4.69) is 10.1 Å². The summed E-state index contributed by atoms with van der Waals surface area (Å²) >= 11 is 11.9. The standard InChI is InChI=1S/C10H11Cl2NO2/c1-3-13-7-5-4-6(11)8(9(7)12)10(14)15-2/h4-5,13H,3H2,1-2H3. The number of methoxy groups -OCH3 is 1. The van der Waals surface area contributed by atoms with Crippen molar-refractivity contribution in [2.75, 3.05) is 19.0 Å². The quantitative estimate of drug-likeness (QED) is 0.834. The molecule has 0 atom stereocenters. The molecule has 0 saturated carbocycles. The summed E-state index contributed by atoms with van der Waals surface area (Å²) in [5, 5.41) is 3.60. The van der Waals surface area contributed by atoms with Crippen LogP contribution in [0.15, 0.2) is 12.1 Å². The van der Waals surface area contributed by atoms with Crippen molar-refractivity contribution in [1.82, 2.24) is 0 Å². The van der Waals surface area contributed by atoms with Gasteiger partial charge in [0.15, 0.2) is 0 Å². The average molecular weight is 248 g/mol. The number of carbonyl (C=O) groups excluding carboxylic acids is 1. The highest BCUT2D eigenvalue weighted by atomic mass is 35.5. The first-order chi connectivity index (χ1) is 7.11. The maximum absolute atomic E-state index is 11.4. The molecule has 0 aliphatic rings. The Morgan fingerprint density at radius 2 is 2.13 bits per heavy atom. The van der Waals surface area contributed by atoms with E-state index >= 15 is 0 Å². The van der Waals surface area contributed by atoms with E-state index in [4.69, 9.17) is 23.2 Å². The van der Waals surface area contributed by atoms with Crippen LogP contribution < -0.4 is 5.32 Å². The normalized spacial score (nSPS) is 9.87. The van der Waals surface area contributed by atoms with E-state index < -0.39 is 5.97 Å². The first-order valence-corrected chi connectivity index (χ1v) is 5.17. The van der Waals surface area contributed by atoms with Crippen molar-refractivity contribution in [3.63, 3.8) is 0 Å². The second-order valence-electron chi connectivity index (χ2n) is 2.81. The summed E-state index contributed by atoms with van der Waals surface area (Å²) in [7, 11) is 1.29. The Morgan fingerprint density at radius 3 is 2.67 bits per heavy atom. The number of hydrogen-bond donors (Lipinski definition) is 1. The van der Waals surface area contributed by atoms with Crippen molar-refractivity contribution >= 4 is 34.9 Å². The summed E-state index contributed by atoms with van der Waals surface area (Å²) in [6, 6.07) is 3.33. The third kappa shape index (κ3) is 2.55. The zero-order valence-electron chi connectivity index (χ0n) is 8.43. The lowest BCUT2D eigenvalue weighted by Gasteiger charge is -2.10. The van der Waals surface area contributed by atoms with Crippen LogP contribution in [0.2, 0.25) is 10.0 Å². The van der Waals surface area contributed by atoms with Crippen LogP contribution in [0.5, 0.6) is 0 Å². The molecule has 1 aromatic rings. The van der Waals surface area contributed by atoms with Crippen molar-refractivity contribution in [2.45, 2.75) is 6.92 Å². The summed E-state index contributed by atoms with van der Waals surface area (Å²) in [6.07, 6.45) is 0. The van der Waals surface area contributed by atoms with Crippen LogP contribution in [-0.4, -0.2) is 19.6 Å². The van der Waals surface area contributed by atoms with E-state index in [1.165, 1.54) is 7.11 Å². The van der Waals surface area contributed by atoms with Crippen LogP contribution in [0.1, 0.15) is 17.3 Å². The molecule has 1 rings (SSSR count). The molecule has 15 heavy (non-hydrogen) atoms. The number of ether oxygens (including phenoxy) is 1. The van der Waals surface area contributed by atoms with E-state index in [0.717, 1.165) is 0 Å². The molecule has 0 saturated heterocycles. The zero-order chi connectivity index (χ0) is 11.4. The fourth-order valence-electron chi connectivity index (χ4n) is 1.17. The molecule has 0 unspecified atom stereocenters. The van der Waals surface area contributed by atoms with Gasteiger partial charge in [0.25, 0.3) is 0 Å². The van der Waals surface area contributed by atoms with Crippen LogP contribution in [0.4, 0.5) is 5.69 Å². The number of halogens is 2. The first kappa shape index (κ1) is 12.1. The minimum atomic E-state index is -0.537. The van der Waals surface area contributed by atoms with Crippen LogP contribution in [0, 0.1) is 0 Å². The highest BCUT2D eigenvalue weighted by Gasteiger charge is 2.17. The minimum Gasteiger partial charge on any atom is -0.465 e. The summed E-state index contributed by atoms with van der Waals surface area (Å²) < 4.78 is 4.60. The van der Waals surface area contributed by atoms with Crippen molar-refractivity contribution in [3.05, 3.63) is 27.7 Å². The molecule has 5 heteroatoms. The second-order valence-corrected chi connectivity index (χ2v) is 3.59. The molecule has 1 aromatic carbocycles. The van der Waals surface area contributed by atoms with Crippen molar-refractivity contribution in [3.8, 4) is 0 Å². The number of hydrogen-bond acceptors (Lipinski definition) is 3. The van der Waals surface area contributed by atoms with Gasteiger partial charge in [-0.2, -0.15) is 0 Å². The molecule has 0 fully saturated rings. The zero-order valence-corrected chi connectivity index (χ0v) is 9.95. The summed E-state index contributed by atoms with van der Waals surface area (Å²) in [4.78, 5) is 11.4. The highest BCUT2D eigenvalue weighted by molar-refractivity contribution is 6.41. The van der Waals surface area contributed by atoms with Gasteiger partial charge in [0.2, 0.25) is 0 Å². The Balaban J connectivity index is 3.23. The molecule has 0 aliphatic heterocycles. The van der Waals surface area contributed by atoms with Gasteiger partial charge in [-0.25, -0.2) is 4.79 Å². The molecule has 0 radical (unpaired) electrons. The van der Waals surface area contributed by atoms with Crippen molar-refractivity contribution in [1.29, 1.82) is 0 Å². The topological polar surface area (TPSA) is 38.3 Å². The molecule has 82 valence electrons. The van der Waals surface area contributed by atoms with E-state index in [1.54, 1.807) is 12.1 Å². The number of carbonyl (C=O) groups is 1. The predicted molar refractivity (Wildman–Crippen MR) is 62.0 cm³/mol. The van der Waals surface area contributed by atoms with Gasteiger partial charge in [0.1, 0.15) is 0 Å². The van der Waals surface area contributed by atoms with Gasteiger partial charge in [-0.3, -0.25) is 0 Å². The largest absolute Gasteiger partial charge is 0.465 e. The smallest absolute Gasteiger partial charge is 0.340 e. The molecule has 0 spiro atoms. The Kier molecular flexibility index (Phi) is 4.24. The Bertz CT molecular complexity index is 380. The first-order valence-electron chi connectivity index (χ1n) is 4.42. The van der Waals surface area contributed by atoms with Crippen molar-refractivity contribution < 1.29 is 9.53 Å². The van der Waals surface area contributed by atoms with Crippen LogP contribution in [-0.2, 0) is 4.74 Å². The molecule has 0 aromatic heterocycles. The Morgan fingerprint density at radius 1 is 1.47 bits per heavy atom. The maximum atomic E-state index is 11.4. The predicted octanol–water partition coefficient (Wildman–Crippen LogP) is 3.21. The lowest BCUT2D eigenvalue weighted by atomic mass is 10.2. The van der Waals surface area contributed by atoms with E-state index in [1.807, 2.05) is 6.92 Å². The second kappa shape index (κ2) is 5.24. The van der Waals surface area contributed by atoms with Gasteiger partial charge in [-0.1, -0.05) is 23.2 Å². The number of rotatable bonds is 3. The van der Waals surface area contributed by atoms with Crippen LogP contribution in [0.3, 0.4) is 0 Å². The molecule has 0 heterocycles. The minimum absolute atomic E-state index is 0.194. The SMILES string of the molecule is CCNc1ccc(Cl)c(C(=O)OC)c1Cl. The van der Waals surface area contributed by atoms with E-state index in [-0.39, 0.29) is 15.6 Å². The van der Waals surface area contributed by atoms with Gasteiger partial charge in [-0.05, 0) is 19.1 Å². The van der Waals surface area contributed by atoms with E-state index in [0.29, 0.717) is 12.2 Å². The Labute approximate surface area is 98.3 Å². The summed E-state index contributed by atoms with van der Waals surface area (Å²) in [6.45, 7) is 2.64. The molecular weight excluding hydrogens is 237 g/mol. The lowest BCUT2D eigenvalue weighted by molar-refractivity contribution is 0.0601. The molecule has 0 bridgehead atoms. The lowest BCUT2D eigenvalue weighted by Crippen LogP contribution is -2.06. The number of benzene rings is 1. The number of anilines is 1. The van der Waals surface area contributed by atoms with Gasteiger partial charge in [0.05, 0.1) is 28.4 Å². The number of nitrogens with one attached hydrogen (secondary N) is 1. The third-order valence-corrected chi connectivity index (χ3v) is 2.56. The van der Waals surface area contributed by atoms with Crippen LogP contribution in [0.25, 0.3) is 0 Å². The molecule has 0 aliphatic carbocycles. The fourth-order valence-corrected chi connectivity index (χ4v) is 1.76. The van der Waals surface area contributed by atoms with Crippen LogP contribution >= 0.6 is 23.2 Å². The average Bonchev–Trinajstić information content (AvgIpc) is 2.22. The van der Waals surface area contributed by atoms with E-state index in [9.17, 15) is 4.79 Å². The number of esters is 1. The maximum Gasteiger partial charge on any atom is 0.340 e. The highest BCUT2D eigenvalue weighted by Crippen LogP contribution is 2.32. The van der Waals surface area contributed by atoms with Gasteiger partial charge in [0, 0.05) is 6.54 Å². The van der Waals surface area contributed by atoms with Crippen molar-refractivity contribution in [2.24, 2.45) is 0 Å².